The van der Waals surface area contributed by atoms with Crippen LogP contribution in [0.15, 0.2) is 91.0 Å². The van der Waals surface area contributed by atoms with E-state index in [9.17, 15) is 0 Å². The maximum Gasteiger partial charge on any atom is 0.0412 e. The molecule has 0 aliphatic heterocycles. The number of rotatable bonds is 11. The van der Waals surface area contributed by atoms with Crippen LogP contribution >= 0.6 is 21.6 Å². The van der Waals surface area contributed by atoms with Gasteiger partial charge in [-0.3, -0.25) is 0 Å². The van der Waals surface area contributed by atoms with Crippen molar-refractivity contribution in [2.24, 2.45) is 0 Å². The summed E-state index contributed by atoms with van der Waals surface area (Å²) in [5.74, 6) is 0.421. The van der Waals surface area contributed by atoms with Gasteiger partial charge in [0.1, 0.15) is 0 Å². The predicted octanol–water partition coefficient (Wildman–Crippen LogP) is 8.76. The van der Waals surface area contributed by atoms with E-state index in [0.29, 0.717) is 5.92 Å². The number of unbranched alkanes of at least 4 members (excludes halogenated alkanes) is 5. The van der Waals surface area contributed by atoms with Crippen molar-refractivity contribution in [2.45, 2.75) is 62.9 Å². The van der Waals surface area contributed by atoms with Crippen molar-refractivity contribution in [3.63, 3.8) is 0 Å². The zero-order chi connectivity index (χ0) is 20.4. The summed E-state index contributed by atoms with van der Waals surface area (Å²) < 4.78 is 0. The number of hydrogen-bond acceptors (Lipinski definition) is 0. The second-order valence-electron chi connectivity index (χ2n) is 8.12. The van der Waals surface area contributed by atoms with Gasteiger partial charge in [0, 0.05) is 11.1 Å². The molecule has 0 saturated carbocycles. The summed E-state index contributed by atoms with van der Waals surface area (Å²) in [6.07, 6.45) is 9.20. The second kappa shape index (κ2) is 12.9. The SMILES string of the molecule is CCCCCCCCC(c1ccccc1)C(P)(c1ccccc1)c1ccccc1.Cl. The standard InChI is InChI=1S/C28H35P.ClH/c1-2-3-4-5-6-16-23-27(24-17-10-7-11-18-24)28(29,25-19-12-8-13-20-25)26-21-14-9-15-22-26;/h7-15,17-22,27H,2-6,16,23,29H2,1H3;1H. The van der Waals surface area contributed by atoms with E-state index in [1.54, 1.807) is 0 Å². The highest BCUT2D eigenvalue weighted by Gasteiger charge is 2.38. The van der Waals surface area contributed by atoms with Gasteiger partial charge in [-0.1, -0.05) is 136 Å². The van der Waals surface area contributed by atoms with Crippen molar-refractivity contribution in [2.75, 3.05) is 0 Å². The van der Waals surface area contributed by atoms with Crippen LogP contribution in [-0.2, 0) is 5.16 Å². The van der Waals surface area contributed by atoms with Crippen LogP contribution in [-0.4, -0.2) is 0 Å². The molecule has 3 aromatic carbocycles. The molecule has 2 atom stereocenters. The minimum absolute atomic E-state index is 0. The van der Waals surface area contributed by atoms with Gasteiger partial charge < -0.3 is 0 Å². The van der Waals surface area contributed by atoms with Gasteiger partial charge in [-0.2, -0.15) is 0 Å². The van der Waals surface area contributed by atoms with Gasteiger partial charge in [0.05, 0.1) is 0 Å². The Morgan fingerprint density at radius 1 is 0.633 bits per heavy atom. The lowest BCUT2D eigenvalue weighted by atomic mass is 9.74. The summed E-state index contributed by atoms with van der Waals surface area (Å²) in [6, 6.07) is 33.2. The molecule has 0 aromatic heterocycles. The first-order chi connectivity index (χ1) is 14.3. The third kappa shape index (κ3) is 6.19. The van der Waals surface area contributed by atoms with Crippen LogP contribution in [0.4, 0.5) is 0 Å². The smallest absolute Gasteiger partial charge is 0.0412 e. The van der Waals surface area contributed by atoms with Crippen LogP contribution in [0, 0.1) is 0 Å². The van der Waals surface area contributed by atoms with Gasteiger partial charge in [0.2, 0.25) is 0 Å². The molecule has 0 nitrogen and oxygen atoms in total. The molecule has 2 heteroatoms. The van der Waals surface area contributed by atoms with E-state index in [1.165, 1.54) is 61.6 Å². The monoisotopic (exact) mass is 438 g/mol. The molecule has 0 fully saturated rings. The van der Waals surface area contributed by atoms with E-state index in [0.717, 1.165) is 0 Å². The molecule has 0 aliphatic carbocycles. The maximum absolute atomic E-state index is 3.27. The first-order valence-electron chi connectivity index (χ1n) is 11.2. The van der Waals surface area contributed by atoms with Crippen LogP contribution < -0.4 is 0 Å². The van der Waals surface area contributed by atoms with Crippen molar-refractivity contribution < 1.29 is 0 Å². The molecule has 0 amide bonds. The molecule has 0 radical (unpaired) electrons. The quantitative estimate of drug-likeness (QED) is 0.207. The van der Waals surface area contributed by atoms with E-state index >= 15 is 0 Å². The number of benzene rings is 3. The van der Waals surface area contributed by atoms with Crippen LogP contribution in [0.25, 0.3) is 0 Å². The van der Waals surface area contributed by atoms with E-state index in [2.05, 4.69) is 107 Å². The number of hydrogen-bond donors (Lipinski definition) is 0. The Kier molecular flexibility index (Phi) is 10.6. The Morgan fingerprint density at radius 2 is 1.07 bits per heavy atom. The van der Waals surface area contributed by atoms with E-state index in [4.69, 9.17) is 0 Å². The topological polar surface area (TPSA) is 0 Å². The zero-order valence-corrected chi connectivity index (χ0v) is 20.1. The lowest BCUT2D eigenvalue weighted by Gasteiger charge is -2.39. The van der Waals surface area contributed by atoms with Crippen LogP contribution in [0.2, 0.25) is 0 Å². The Morgan fingerprint density at radius 3 is 1.57 bits per heavy atom. The minimum atomic E-state index is -0.132. The molecule has 0 heterocycles. The third-order valence-corrected chi connectivity index (χ3v) is 7.17. The lowest BCUT2D eigenvalue weighted by molar-refractivity contribution is 0.480. The minimum Gasteiger partial charge on any atom is -0.147 e. The molecule has 3 rings (SSSR count). The highest BCUT2D eigenvalue weighted by Crippen LogP contribution is 2.51. The Labute approximate surface area is 192 Å². The van der Waals surface area contributed by atoms with E-state index < -0.39 is 0 Å². The fraction of sp³-hybridized carbons (Fsp3) is 0.357. The molecule has 0 aliphatic rings. The van der Waals surface area contributed by atoms with E-state index in [-0.39, 0.29) is 17.6 Å². The molecule has 0 N–H and O–H groups in total. The average Bonchev–Trinajstić information content (AvgIpc) is 2.80. The van der Waals surface area contributed by atoms with Crippen molar-refractivity contribution in [3.05, 3.63) is 108 Å². The van der Waals surface area contributed by atoms with Gasteiger partial charge in [0.25, 0.3) is 0 Å². The summed E-state index contributed by atoms with van der Waals surface area (Å²) in [6.45, 7) is 2.29. The molecule has 2 unspecified atom stereocenters. The first-order valence-corrected chi connectivity index (χ1v) is 11.8. The van der Waals surface area contributed by atoms with Crippen LogP contribution in [0.3, 0.4) is 0 Å². The van der Waals surface area contributed by atoms with Crippen molar-refractivity contribution >= 4 is 21.6 Å². The number of halogens is 1. The molecular weight excluding hydrogens is 403 g/mol. The average molecular weight is 439 g/mol. The highest BCUT2D eigenvalue weighted by atomic mass is 35.5. The van der Waals surface area contributed by atoms with Crippen LogP contribution in [0.1, 0.15) is 74.5 Å². The summed E-state index contributed by atoms with van der Waals surface area (Å²) in [5, 5.41) is -0.132. The lowest BCUT2D eigenvalue weighted by Crippen LogP contribution is -2.29. The van der Waals surface area contributed by atoms with Crippen molar-refractivity contribution in [1.82, 2.24) is 0 Å². The predicted molar refractivity (Wildman–Crippen MR) is 138 cm³/mol. The van der Waals surface area contributed by atoms with Crippen LogP contribution in [0.5, 0.6) is 0 Å². The third-order valence-electron chi connectivity index (χ3n) is 6.10. The van der Waals surface area contributed by atoms with E-state index in [1.807, 2.05) is 0 Å². The normalized spacial score (nSPS) is 12.2. The fourth-order valence-electron chi connectivity index (χ4n) is 4.47. The second-order valence-corrected chi connectivity index (χ2v) is 9.03. The summed E-state index contributed by atoms with van der Waals surface area (Å²) in [7, 11) is 3.27. The molecule has 160 valence electrons. The Hall–Kier alpha value is -1.62. The van der Waals surface area contributed by atoms with Gasteiger partial charge >= 0.3 is 0 Å². The summed E-state index contributed by atoms with van der Waals surface area (Å²) >= 11 is 0. The Bertz CT molecular complexity index is 778. The summed E-state index contributed by atoms with van der Waals surface area (Å²) in [5.41, 5.74) is 4.18. The molecule has 30 heavy (non-hydrogen) atoms. The molecule has 3 aromatic rings. The summed E-state index contributed by atoms with van der Waals surface area (Å²) in [4.78, 5) is 0. The fourth-order valence-corrected chi connectivity index (χ4v) is 5.21. The maximum atomic E-state index is 3.27. The molecular formula is C28H36ClP. The highest BCUT2D eigenvalue weighted by molar-refractivity contribution is 7.19. The zero-order valence-electron chi connectivity index (χ0n) is 18.2. The largest absolute Gasteiger partial charge is 0.147 e. The molecule has 0 bridgehead atoms. The molecule has 0 saturated heterocycles. The Balaban J connectivity index is 0.00000320. The molecule has 0 spiro atoms. The van der Waals surface area contributed by atoms with Crippen molar-refractivity contribution in [3.8, 4) is 0 Å². The van der Waals surface area contributed by atoms with Gasteiger partial charge in [-0.15, -0.1) is 21.6 Å². The van der Waals surface area contributed by atoms with Gasteiger partial charge in [0.15, 0.2) is 0 Å². The van der Waals surface area contributed by atoms with Gasteiger partial charge in [-0.05, 0) is 23.1 Å². The first kappa shape index (κ1) is 24.6. The van der Waals surface area contributed by atoms with Gasteiger partial charge in [-0.25, -0.2) is 0 Å². The van der Waals surface area contributed by atoms with Crippen molar-refractivity contribution in [1.29, 1.82) is 0 Å².